The lowest BCUT2D eigenvalue weighted by molar-refractivity contribution is 0.415. The lowest BCUT2D eigenvalue weighted by atomic mass is 10.1. The minimum absolute atomic E-state index is 0.379. The van der Waals surface area contributed by atoms with E-state index in [0.717, 1.165) is 11.3 Å². The molecule has 0 unspecified atom stereocenters. The Morgan fingerprint density at radius 1 is 1.11 bits per heavy atom. The van der Waals surface area contributed by atoms with Gasteiger partial charge in [-0.3, -0.25) is 4.98 Å². The van der Waals surface area contributed by atoms with Crippen molar-refractivity contribution in [2.45, 2.75) is 0 Å². The number of nitriles is 2. The van der Waals surface area contributed by atoms with Crippen molar-refractivity contribution >= 4 is 0 Å². The van der Waals surface area contributed by atoms with Crippen LogP contribution in [0.25, 0.3) is 11.3 Å². The lowest BCUT2D eigenvalue weighted by Crippen LogP contribution is -1.91. The second-order valence-electron chi connectivity index (χ2n) is 3.57. The molecule has 18 heavy (non-hydrogen) atoms. The van der Waals surface area contributed by atoms with Crippen LogP contribution in [0, 0.1) is 22.7 Å². The Balaban J connectivity index is 2.50. The zero-order chi connectivity index (χ0) is 13.0. The molecule has 2 rings (SSSR count). The molecule has 0 atom stereocenters. The Labute approximate surface area is 105 Å². The monoisotopic (exact) mass is 235 g/mol. The fraction of sp³-hybridized carbons (Fsp3) is 0.0714. The van der Waals surface area contributed by atoms with Crippen molar-refractivity contribution in [1.29, 1.82) is 10.5 Å². The SMILES string of the molecule is COc1ccc(-c2ncc(C#N)cc2C#N)cc1. The van der Waals surface area contributed by atoms with Crippen molar-refractivity contribution in [2.75, 3.05) is 7.11 Å². The average Bonchev–Trinajstić information content (AvgIpc) is 2.46. The first-order valence-electron chi connectivity index (χ1n) is 5.23. The van der Waals surface area contributed by atoms with Crippen LogP contribution in [-0.4, -0.2) is 12.1 Å². The molecular formula is C14H9N3O. The normalized spacial score (nSPS) is 9.28. The summed E-state index contributed by atoms with van der Waals surface area (Å²) >= 11 is 0. The van der Waals surface area contributed by atoms with Crippen LogP contribution in [0.2, 0.25) is 0 Å². The van der Waals surface area contributed by atoms with Crippen LogP contribution in [0.1, 0.15) is 11.1 Å². The zero-order valence-corrected chi connectivity index (χ0v) is 9.71. The van der Waals surface area contributed by atoms with Gasteiger partial charge >= 0.3 is 0 Å². The van der Waals surface area contributed by atoms with Gasteiger partial charge < -0.3 is 4.74 Å². The predicted octanol–water partition coefficient (Wildman–Crippen LogP) is 2.50. The third kappa shape index (κ3) is 2.14. The summed E-state index contributed by atoms with van der Waals surface area (Å²) in [4.78, 5) is 4.16. The molecule has 4 nitrogen and oxygen atoms in total. The van der Waals surface area contributed by atoms with E-state index in [1.165, 1.54) is 12.3 Å². The molecule has 0 N–H and O–H groups in total. The van der Waals surface area contributed by atoms with E-state index in [1.54, 1.807) is 19.2 Å². The average molecular weight is 235 g/mol. The van der Waals surface area contributed by atoms with Gasteiger partial charge in [-0.05, 0) is 30.3 Å². The molecule has 1 aromatic carbocycles. The Morgan fingerprint density at radius 3 is 2.39 bits per heavy atom. The number of hydrogen-bond acceptors (Lipinski definition) is 4. The van der Waals surface area contributed by atoms with Crippen molar-refractivity contribution in [2.24, 2.45) is 0 Å². The van der Waals surface area contributed by atoms with Crippen LogP contribution >= 0.6 is 0 Å². The van der Waals surface area contributed by atoms with Crippen LogP contribution in [0.4, 0.5) is 0 Å². The highest BCUT2D eigenvalue weighted by molar-refractivity contribution is 5.67. The molecule has 2 aromatic rings. The minimum atomic E-state index is 0.379. The van der Waals surface area contributed by atoms with E-state index in [4.69, 9.17) is 15.3 Å². The molecule has 0 fully saturated rings. The third-order valence-electron chi connectivity index (χ3n) is 2.50. The molecule has 0 spiro atoms. The molecule has 0 saturated carbocycles. The molecule has 1 heterocycles. The van der Waals surface area contributed by atoms with E-state index in [9.17, 15) is 0 Å². The molecule has 0 saturated heterocycles. The number of pyridine rings is 1. The van der Waals surface area contributed by atoms with Crippen LogP contribution < -0.4 is 4.74 Å². The van der Waals surface area contributed by atoms with Gasteiger partial charge in [-0.15, -0.1) is 0 Å². The van der Waals surface area contributed by atoms with Crippen molar-refractivity contribution in [3.63, 3.8) is 0 Å². The van der Waals surface area contributed by atoms with Crippen LogP contribution in [0.5, 0.6) is 5.75 Å². The molecule has 86 valence electrons. The van der Waals surface area contributed by atoms with Gasteiger partial charge in [0, 0.05) is 11.8 Å². The van der Waals surface area contributed by atoms with Crippen LogP contribution in [-0.2, 0) is 0 Å². The van der Waals surface area contributed by atoms with Crippen LogP contribution in [0.3, 0.4) is 0 Å². The summed E-state index contributed by atoms with van der Waals surface area (Å²) in [6.07, 6.45) is 1.46. The Kier molecular flexibility index (Phi) is 3.22. The van der Waals surface area contributed by atoms with Crippen molar-refractivity contribution in [3.05, 3.63) is 47.7 Å². The molecule has 4 heteroatoms. The second-order valence-corrected chi connectivity index (χ2v) is 3.57. The maximum atomic E-state index is 9.08. The maximum Gasteiger partial charge on any atom is 0.118 e. The Bertz CT molecular complexity index is 648. The first-order valence-corrected chi connectivity index (χ1v) is 5.23. The number of nitrogens with zero attached hydrogens (tertiary/aromatic N) is 3. The van der Waals surface area contributed by atoms with Gasteiger partial charge in [0.1, 0.15) is 17.9 Å². The molecule has 0 aliphatic rings. The third-order valence-corrected chi connectivity index (χ3v) is 2.50. The Morgan fingerprint density at radius 2 is 1.83 bits per heavy atom. The van der Waals surface area contributed by atoms with Gasteiger partial charge in [0.25, 0.3) is 0 Å². The summed E-state index contributed by atoms with van der Waals surface area (Å²) in [7, 11) is 1.59. The van der Waals surface area contributed by atoms with Gasteiger partial charge in [0.15, 0.2) is 0 Å². The molecule has 0 aliphatic heterocycles. The molecule has 0 amide bonds. The first kappa shape index (κ1) is 11.6. The van der Waals surface area contributed by atoms with Crippen molar-refractivity contribution in [1.82, 2.24) is 4.98 Å². The highest BCUT2D eigenvalue weighted by Crippen LogP contribution is 2.23. The van der Waals surface area contributed by atoms with Crippen molar-refractivity contribution in [3.8, 4) is 29.1 Å². The quantitative estimate of drug-likeness (QED) is 0.801. The predicted molar refractivity (Wildman–Crippen MR) is 65.7 cm³/mol. The summed E-state index contributed by atoms with van der Waals surface area (Å²) in [6.45, 7) is 0. The van der Waals surface area contributed by atoms with Gasteiger partial charge in [0.05, 0.1) is 23.9 Å². The van der Waals surface area contributed by atoms with E-state index in [2.05, 4.69) is 11.1 Å². The zero-order valence-electron chi connectivity index (χ0n) is 9.71. The molecule has 0 aliphatic carbocycles. The standard InChI is InChI=1S/C14H9N3O/c1-18-13-4-2-11(3-5-13)14-12(8-16)6-10(7-15)9-17-14/h2-6,9H,1H3. The lowest BCUT2D eigenvalue weighted by Gasteiger charge is -2.05. The van der Waals surface area contributed by atoms with E-state index in [-0.39, 0.29) is 0 Å². The molecular weight excluding hydrogens is 226 g/mol. The van der Waals surface area contributed by atoms with E-state index >= 15 is 0 Å². The number of benzene rings is 1. The number of rotatable bonds is 2. The number of methoxy groups -OCH3 is 1. The highest BCUT2D eigenvalue weighted by atomic mass is 16.5. The second kappa shape index (κ2) is 4.99. The minimum Gasteiger partial charge on any atom is -0.497 e. The van der Waals surface area contributed by atoms with Gasteiger partial charge in [-0.25, -0.2) is 0 Å². The van der Waals surface area contributed by atoms with E-state index in [1.807, 2.05) is 18.2 Å². The molecule has 1 aromatic heterocycles. The summed E-state index contributed by atoms with van der Waals surface area (Å²) in [5.74, 6) is 0.742. The highest BCUT2D eigenvalue weighted by Gasteiger charge is 2.08. The van der Waals surface area contributed by atoms with E-state index < -0.39 is 0 Å². The first-order chi connectivity index (χ1) is 8.78. The summed E-state index contributed by atoms with van der Waals surface area (Å²) in [6, 6.07) is 12.8. The molecule has 0 bridgehead atoms. The number of ether oxygens (including phenoxy) is 1. The number of aromatic nitrogens is 1. The van der Waals surface area contributed by atoms with Crippen LogP contribution in [0.15, 0.2) is 36.5 Å². The fourth-order valence-electron chi connectivity index (χ4n) is 1.59. The maximum absolute atomic E-state index is 9.08. The largest absolute Gasteiger partial charge is 0.497 e. The van der Waals surface area contributed by atoms with Gasteiger partial charge in [0.2, 0.25) is 0 Å². The van der Waals surface area contributed by atoms with Gasteiger partial charge in [-0.1, -0.05) is 0 Å². The summed E-state index contributed by atoms with van der Waals surface area (Å²) in [5, 5.41) is 17.8. The van der Waals surface area contributed by atoms with Crippen molar-refractivity contribution < 1.29 is 4.74 Å². The molecule has 0 radical (unpaired) electrons. The van der Waals surface area contributed by atoms with Gasteiger partial charge in [-0.2, -0.15) is 10.5 Å². The fourth-order valence-corrected chi connectivity index (χ4v) is 1.59. The summed E-state index contributed by atoms with van der Waals surface area (Å²) < 4.78 is 5.07. The van der Waals surface area contributed by atoms with E-state index in [0.29, 0.717) is 16.8 Å². The smallest absolute Gasteiger partial charge is 0.118 e. The Hall–Kier alpha value is -2.85. The number of hydrogen-bond donors (Lipinski definition) is 0. The topological polar surface area (TPSA) is 69.7 Å². The summed E-state index contributed by atoms with van der Waals surface area (Å²) in [5.41, 5.74) is 2.15.